The molecule has 0 fully saturated rings. The van der Waals surface area contributed by atoms with Crippen LogP contribution in [0.15, 0.2) is 84.9 Å². The summed E-state index contributed by atoms with van der Waals surface area (Å²) in [5.41, 5.74) is 3.85. The minimum atomic E-state index is 0.00710. The van der Waals surface area contributed by atoms with E-state index in [1.807, 2.05) is 48.5 Å². The molecule has 0 saturated heterocycles. The van der Waals surface area contributed by atoms with Crippen molar-refractivity contribution in [2.45, 2.75) is 20.0 Å². The lowest BCUT2D eigenvalue weighted by Crippen LogP contribution is -2.03. The van der Waals surface area contributed by atoms with Crippen molar-refractivity contribution in [3.8, 4) is 0 Å². The van der Waals surface area contributed by atoms with Gasteiger partial charge < -0.3 is 5.11 Å². The predicted molar refractivity (Wildman–Crippen MR) is 98.0 cm³/mol. The Morgan fingerprint density at radius 3 is 1.75 bits per heavy atom. The highest BCUT2D eigenvalue weighted by molar-refractivity contribution is 5.97. The summed E-state index contributed by atoms with van der Waals surface area (Å²) >= 11 is 0. The molecule has 1 N–H and O–H groups in total. The maximum absolute atomic E-state index is 12.0. The van der Waals surface area contributed by atoms with Crippen molar-refractivity contribution in [1.82, 2.24) is 0 Å². The van der Waals surface area contributed by atoms with E-state index in [1.54, 1.807) is 24.3 Å². The molecule has 0 aliphatic heterocycles. The van der Waals surface area contributed by atoms with Crippen LogP contribution in [0.3, 0.4) is 0 Å². The van der Waals surface area contributed by atoms with E-state index in [0.29, 0.717) is 12.0 Å². The molecule has 3 rings (SSSR count). The predicted octanol–water partition coefficient (Wildman–Crippen LogP) is 4.60. The van der Waals surface area contributed by atoms with E-state index in [0.717, 1.165) is 11.1 Å². The molecule has 0 radical (unpaired) electrons. The molecule has 0 atom stereocenters. The van der Waals surface area contributed by atoms with Gasteiger partial charge in [0, 0.05) is 12.0 Å². The number of aryl methyl sites for hydroxylation is 1. The summed E-state index contributed by atoms with van der Waals surface area (Å²) in [5, 5.41) is 8.92. The first kappa shape index (κ1) is 17.6. The lowest BCUT2D eigenvalue weighted by atomic mass is 10.0. The second-order valence-electron chi connectivity index (χ2n) is 5.60. The first-order chi connectivity index (χ1) is 11.7. The number of rotatable bonds is 4. The molecule has 2 heteroatoms. The Bertz CT molecular complexity index is 732. The smallest absolute Gasteiger partial charge is 0.167 e. The van der Waals surface area contributed by atoms with Crippen molar-refractivity contribution in [1.29, 1.82) is 0 Å². The summed E-state index contributed by atoms with van der Waals surface area (Å²) in [5.74, 6) is 0.0979. The summed E-state index contributed by atoms with van der Waals surface area (Å²) in [6.45, 7) is 2.09. The molecule has 0 saturated carbocycles. The number of aliphatic hydroxyl groups is 1. The molecule has 0 spiro atoms. The molecule has 24 heavy (non-hydrogen) atoms. The number of Topliss-reactive ketones (excluding diaryl/α,β-unsaturated/α-hetero) is 1. The van der Waals surface area contributed by atoms with Crippen LogP contribution in [0.5, 0.6) is 0 Å². The Morgan fingerprint density at radius 1 is 0.750 bits per heavy atom. The van der Waals surface area contributed by atoms with Crippen LogP contribution >= 0.6 is 0 Å². The van der Waals surface area contributed by atoms with Crippen molar-refractivity contribution in [3.05, 3.63) is 107 Å². The van der Waals surface area contributed by atoms with Gasteiger partial charge in [0.1, 0.15) is 0 Å². The Hall–Kier alpha value is -2.71. The fraction of sp³-hybridized carbons (Fsp3) is 0.136. The van der Waals surface area contributed by atoms with Crippen LogP contribution in [0.1, 0.15) is 27.0 Å². The van der Waals surface area contributed by atoms with E-state index in [4.69, 9.17) is 5.11 Å². The summed E-state index contributed by atoms with van der Waals surface area (Å²) in [4.78, 5) is 12.0. The van der Waals surface area contributed by atoms with Crippen LogP contribution in [-0.4, -0.2) is 10.9 Å². The van der Waals surface area contributed by atoms with Crippen LogP contribution in [0.2, 0.25) is 0 Å². The van der Waals surface area contributed by atoms with Gasteiger partial charge in [-0.1, -0.05) is 90.5 Å². The lowest BCUT2D eigenvalue weighted by molar-refractivity contribution is 0.0993. The van der Waals surface area contributed by atoms with Gasteiger partial charge in [-0.15, -0.1) is 0 Å². The van der Waals surface area contributed by atoms with E-state index >= 15 is 0 Å². The highest BCUT2D eigenvalue weighted by Crippen LogP contribution is 2.09. The number of carbonyl (C=O) groups is 1. The zero-order valence-electron chi connectivity index (χ0n) is 13.9. The van der Waals surface area contributed by atoms with Gasteiger partial charge >= 0.3 is 0 Å². The maximum atomic E-state index is 12.0. The van der Waals surface area contributed by atoms with Gasteiger partial charge in [0.05, 0.1) is 6.61 Å². The maximum Gasteiger partial charge on any atom is 0.167 e. The Morgan fingerprint density at radius 2 is 1.29 bits per heavy atom. The fourth-order valence-electron chi connectivity index (χ4n) is 2.21. The summed E-state index contributed by atoms with van der Waals surface area (Å²) in [6, 6.07) is 27.0. The number of hydrogen-bond acceptors (Lipinski definition) is 2. The standard InChI is InChI=1S/C15H14O2.C7H8/c16-11-13-6-8-14(9-7-13)15(17)10-12-4-2-1-3-5-12;1-7-5-3-2-4-6-7/h1-9,16H,10-11H2;2-6H,1H3. The molecular formula is C22H22O2. The lowest BCUT2D eigenvalue weighted by Gasteiger charge is -2.02. The third-order valence-corrected chi connectivity index (χ3v) is 3.61. The molecule has 0 aromatic heterocycles. The topological polar surface area (TPSA) is 37.3 Å². The zero-order valence-corrected chi connectivity index (χ0v) is 13.9. The molecule has 0 unspecified atom stereocenters. The SMILES string of the molecule is Cc1ccccc1.O=C(Cc1ccccc1)c1ccc(CO)cc1. The molecule has 0 amide bonds. The first-order valence-electron chi connectivity index (χ1n) is 7.97. The van der Waals surface area contributed by atoms with Crippen LogP contribution < -0.4 is 0 Å². The van der Waals surface area contributed by atoms with Gasteiger partial charge in [0.25, 0.3) is 0 Å². The minimum absolute atomic E-state index is 0.00710. The van der Waals surface area contributed by atoms with E-state index in [9.17, 15) is 4.79 Å². The van der Waals surface area contributed by atoms with Crippen LogP contribution in [-0.2, 0) is 13.0 Å². The number of carbonyl (C=O) groups excluding carboxylic acids is 1. The van der Waals surface area contributed by atoms with E-state index in [2.05, 4.69) is 19.1 Å². The number of ketones is 1. The third kappa shape index (κ3) is 5.82. The van der Waals surface area contributed by atoms with E-state index < -0.39 is 0 Å². The molecule has 0 aliphatic carbocycles. The Labute approximate surface area is 143 Å². The van der Waals surface area contributed by atoms with Crippen LogP contribution in [0, 0.1) is 6.92 Å². The Balaban J connectivity index is 0.000000249. The van der Waals surface area contributed by atoms with Gasteiger partial charge in [-0.25, -0.2) is 0 Å². The zero-order chi connectivity index (χ0) is 17.2. The van der Waals surface area contributed by atoms with Gasteiger partial charge in [-0.2, -0.15) is 0 Å². The van der Waals surface area contributed by atoms with Gasteiger partial charge in [-0.05, 0) is 18.1 Å². The largest absolute Gasteiger partial charge is 0.392 e. The highest BCUT2D eigenvalue weighted by Gasteiger charge is 2.06. The molecule has 0 bridgehead atoms. The monoisotopic (exact) mass is 318 g/mol. The van der Waals surface area contributed by atoms with Gasteiger partial charge in [0.2, 0.25) is 0 Å². The molecule has 2 nitrogen and oxygen atoms in total. The van der Waals surface area contributed by atoms with Crippen molar-refractivity contribution in [2.24, 2.45) is 0 Å². The number of aliphatic hydroxyl groups excluding tert-OH is 1. The molecule has 0 aliphatic rings. The van der Waals surface area contributed by atoms with Crippen molar-refractivity contribution in [3.63, 3.8) is 0 Å². The number of benzene rings is 3. The van der Waals surface area contributed by atoms with Crippen LogP contribution in [0.4, 0.5) is 0 Å². The normalized spacial score (nSPS) is 9.75. The van der Waals surface area contributed by atoms with Crippen LogP contribution in [0.25, 0.3) is 0 Å². The van der Waals surface area contributed by atoms with Gasteiger partial charge in [0.15, 0.2) is 5.78 Å². The summed E-state index contributed by atoms with van der Waals surface area (Å²) in [6.07, 6.45) is 0.416. The molecule has 0 heterocycles. The Kier molecular flexibility index (Phi) is 6.93. The third-order valence-electron chi connectivity index (χ3n) is 3.61. The molecular weight excluding hydrogens is 296 g/mol. The van der Waals surface area contributed by atoms with Crippen molar-refractivity contribution >= 4 is 5.78 Å². The molecule has 122 valence electrons. The molecule has 3 aromatic rings. The minimum Gasteiger partial charge on any atom is -0.392 e. The average Bonchev–Trinajstić information content (AvgIpc) is 2.64. The van der Waals surface area contributed by atoms with Crippen molar-refractivity contribution < 1.29 is 9.90 Å². The van der Waals surface area contributed by atoms with E-state index in [1.165, 1.54) is 5.56 Å². The second-order valence-corrected chi connectivity index (χ2v) is 5.60. The first-order valence-corrected chi connectivity index (χ1v) is 7.97. The fourth-order valence-corrected chi connectivity index (χ4v) is 2.21. The number of hydrogen-bond donors (Lipinski definition) is 1. The molecule has 3 aromatic carbocycles. The van der Waals surface area contributed by atoms with E-state index in [-0.39, 0.29) is 12.4 Å². The highest BCUT2D eigenvalue weighted by atomic mass is 16.3. The quantitative estimate of drug-likeness (QED) is 0.714. The van der Waals surface area contributed by atoms with Gasteiger partial charge in [-0.3, -0.25) is 4.79 Å². The second kappa shape index (κ2) is 9.43. The average molecular weight is 318 g/mol. The van der Waals surface area contributed by atoms with Crippen molar-refractivity contribution in [2.75, 3.05) is 0 Å². The summed E-state index contributed by atoms with van der Waals surface area (Å²) < 4.78 is 0. The summed E-state index contributed by atoms with van der Waals surface area (Å²) in [7, 11) is 0.